The van der Waals surface area contributed by atoms with Crippen LogP contribution in [0.2, 0.25) is 0 Å². The molecule has 2 aromatic rings. The van der Waals surface area contributed by atoms with Crippen LogP contribution in [0.15, 0.2) is 18.3 Å². The monoisotopic (exact) mass is 366 g/mol. The van der Waals surface area contributed by atoms with Crippen molar-refractivity contribution in [3.05, 3.63) is 35.0 Å². The summed E-state index contributed by atoms with van der Waals surface area (Å²) in [7, 11) is 3.10. The largest absolute Gasteiger partial charge is 0.421 e. The van der Waals surface area contributed by atoms with E-state index in [-0.39, 0.29) is 17.7 Å². The lowest BCUT2D eigenvalue weighted by Gasteiger charge is -2.17. The Hall–Kier alpha value is -2.84. The molecule has 0 bridgehead atoms. The number of hydrogen-bond donors (Lipinski definition) is 4. The molecule has 0 spiro atoms. The molecule has 9 heteroatoms. The highest BCUT2D eigenvalue weighted by Gasteiger charge is 2.35. The Morgan fingerprint density at radius 1 is 1.12 bits per heavy atom. The van der Waals surface area contributed by atoms with E-state index in [0.717, 1.165) is 17.4 Å². The predicted molar refractivity (Wildman–Crippen MR) is 97.8 cm³/mol. The molecule has 6 nitrogen and oxygen atoms in total. The van der Waals surface area contributed by atoms with Crippen LogP contribution < -0.4 is 16.0 Å². The molecule has 26 heavy (non-hydrogen) atoms. The minimum atomic E-state index is -4.55. The van der Waals surface area contributed by atoms with E-state index in [0.29, 0.717) is 11.3 Å². The second-order valence-corrected chi connectivity index (χ2v) is 5.91. The first-order valence-electron chi connectivity index (χ1n) is 7.96. The van der Waals surface area contributed by atoms with Crippen molar-refractivity contribution in [3.63, 3.8) is 0 Å². The van der Waals surface area contributed by atoms with Crippen LogP contribution in [0, 0.1) is 5.41 Å². The van der Waals surface area contributed by atoms with Gasteiger partial charge in [-0.15, -0.1) is 0 Å². The summed E-state index contributed by atoms with van der Waals surface area (Å²) in [6, 6.07) is 3.77. The maximum absolute atomic E-state index is 13.0. The fourth-order valence-electron chi connectivity index (χ4n) is 2.44. The van der Waals surface area contributed by atoms with E-state index in [1.165, 1.54) is 13.3 Å². The number of nitrogens with one attached hydrogen (secondary N) is 4. The Bertz CT molecular complexity index is 802. The van der Waals surface area contributed by atoms with E-state index in [2.05, 4.69) is 25.9 Å². The molecule has 0 aliphatic carbocycles. The first-order chi connectivity index (χ1) is 12.2. The van der Waals surface area contributed by atoms with Gasteiger partial charge in [0.1, 0.15) is 11.4 Å². The smallest absolute Gasteiger partial charge is 0.388 e. The van der Waals surface area contributed by atoms with Gasteiger partial charge >= 0.3 is 6.18 Å². The zero-order chi connectivity index (χ0) is 19.5. The van der Waals surface area contributed by atoms with Crippen LogP contribution in [-0.4, -0.2) is 30.3 Å². The molecule has 0 unspecified atom stereocenters. The summed E-state index contributed by atoms with van der Waals surface area (Å²) in [5.41, 5.74) is 1.89. The topological polar surface area (TPSA) is 85.7 Å². The third kappa shape index (κ3) is 4.04. The first-order valence-corrected chi connectivity index (χ1v) is 7.96. The summed E-state index contributed by atoms with van der Waals surface area (Å²) in [6.45, 7) is 4.05. The van der Waals surface area contributed by atoms with Crippen molar-refractivity contribution < 1.29 is 13.2 Å². The van der Waals surface area contributed by atoms with Crippen molar-refractivity contribution in [1.29, 1.82) is 5.41 Å². The fourth-order valence-corrected chi connectivity index (χ4v) is 2.44. The summed E-state index contributed by atoms with van der Waals surface area (Å²) in [5, 5.41) is 16.1. The van der Waals surface area contributed by atoms with Crippen LogP contribution in [0.5, 0.6) is 0 Å². The van der Waals surface area contributed by atoms with Crippen LogP contribution in [0.3, 0.4) is 0 Å². The quantitative estimate of drug-likeness (QED) is 0.568. The fraction of sp³-hybridized carbons (Fsp3) is 0.353. The molecule has 0 saturated carbocycles. The van der Waals surface area contributed by atoms with Crippen LogP contribution in [0.1, 0.15) is 36.5 Å². The average Bonchev–Trinajstić information content (AvgIpc) is 2.59. The summed E-state index contributed by atoms with van der Waals surface area (Å²) in [5.74, 6) is -0.0857. The highest BCUT2D eigenvalue weighted by molar-refractivity contribution is 5.94. The van der Waals surface area contributed by atoms with Gasteiger partial charge in [0.25, 0.3) is 0 Å². The summed E-state index contributed by atoms with van der Waals surface area (Å²) in [4.78, 5) is 7.69. The van der Waals surface area contributed by atoms with E-state index in [4.69, 9.17) is 5.41 Å². The SMILES string of the molecule is CNc1cc(C(C)C)cc(Nc2ncc(C(F)(F)F)c(NC)n2)c1C=N. The molecule has 140 valence electrons. The zero-order valence-electron chi connectivity index (χ0n) is 14.9. The third-order valence-corrected chi connectivity index (χ3v) is 3.86. The lowest BCUT2D eigenvalue weighted by atomic mass is 9.98. The molecule has 0 saturated heterocycles. The molecular formula is C17H21F3N6. The second-order valence-electron chi connectivity index (χ2n) is 5.91. The van der Waals surface area contributed by atoms with E-state index < -0.39 is 11.7 Å². The highest BCUT2D eigenvalue weighted by Crippen LogP contribution is 2.35. The summed E-state index contributed by atoms with van der Waals surface area (Å²) in [6.07, 6.45) is -2.65. The Morgan fingerprint density at radius 3 is 2.27 bits per heavy atom. The van der Waals surface area contributed by atoms with Gasteiger partial charge in [-0.2, -0.15) is 18.2 Å². The number of aromatic nitrogens is 2. The number of alkyl halides is 3. The zero-order valence-corrected chi connectivity index (χ0v) is 14.9. The number of hydrogen-bond acceptors (Lipinski definition) is 6. The van der Waals surface area contributed by atoms with Gasteiger partial charge in [-0.05, 0) is 23.6 Å². The number of anilines is 4. The van der Waals surface area contributed by atoms with Crippen molar-refractivity contribution in [3.8, 4) is 0 Å². The molecule has 0 fully saturated rings. The molecule has 1 aromatic heterocycles. The normalized spacial score (nSPS) is 11.4. The van der Waals surface area contributed by atoms with Crippen LogP contribution in [0.25, 0.3) is 0 Å². The van der Waals surface area contributed by atoms with E-state index in [1.54, 1.807) is 7.05 Å². The average molecular weight is 366 g/mol. The Balaban J connectivity index is 2.51. The van der Waals surface area contributed by atoms with Gasteiger partial charge in [0.05, 0.1) is 5.69 Å². The molecule has 4 N–H and O–H groups in total. The maximum atomic E-state index is 13.0. The number of rotatable bonds is 6. The maximum Gasteiger partial charge on any atom is 0.421 e. The van der Waals surface area contributed by atoms with Gasteiger partial charge in [0.2, 0.25) is 5.95 Å². The minimum absolute atomic E-state index is 0.00779. The van der Waals surface area contributed by atoms with Crippen LogP contribution in [-0.2, 0) is 6.18 Å². The molecular weight excluding hydrogens is 345 g/mol. The predicted octanol–water partition coefficient (Wildman–Crippen LogP) is 4.44. The summed E-state index contributed by atoms with van der Waals surface area (Å²) < 4.78 is 38.9. The molecule has 1 aromatic carbocycles. The molecule has 0 radical (unpaired) electrons. The summed E-state index contributed by atoms with van der Waals surface area (Å²) >= 11 is 0. The van der Waals surface area contributed by atoms with Gasteiger partial charge in [-0.1, -0.05) is 13.8 Å². The second kappa shape index (κ2) is 7.59. The van der Waals surface area contributed by atoms with Gasteiger partial charge in [0.15, 0.2) is 0 Å². The Morgan fingerprint density at radius 2 is 1.77 bits per heavy atom. The lowest BCUT2D eigenvalue weighted by molar-refractivity contribution is -0.137. The van der Waals surface area contributed by atoms with Crippen molar-refractivity contribution in [2.24, 2.45) is 0 Å². The van der Waals surface area contributed by atoms with E-state index in [1.807, 2.05) is 26.0 Å². The molecule has 0 aliphatic heterocycles. The van der Waals surface area contributed by atoms with Crippen molar-refractivity contribution in [2.45, 2.75) is 25.9 Å². The number of halogens is 3. The van der Waals surface area contributed by atoms with Gasteiger partial charge in [0, 0.05) is 37.8 Å². The standard InChI is InChI=1S/C17H21F3N6/c1-9(2)10-5-13(22-3)11(7-21)14(6-10)25-16-24-8-12(17(18,19)20)15(23-4)26-16/h5-9,21-22H,1-4H3,(H2,23,24,25,26). The van der Waals surface area contributed by atoms with E-state index in [9.17, 15) is 13.2 Å². The lowest BCUT2D eigenvalue weighted by Crippen LogP contribution is -2.13. The molecule has 0 aliphatic rings. The molecule has 0 atom stereocenters. The minimum Gasteiger partial charge on any atom is -0.388 e. The van der Waals surface area contributed by atoms with Gasteiger partial charge in [-0.3, -0.25) is 0 Å². The number of benzene rings is 1. The first kappa shape index (κ1) is 19.5. The van der Waals surface area contributed by atoms with Crippen LogP contribution >= 0.6 is 0 Å². The van der Waals surface area contributed by atoms with Gasteiger partial charge < -0.3 is 21.4 Å². The van der Waals surface area contributed by atoms with Gasteiger partial charge in [-0.25, -0.2) is 4.98 Å². The van der Waals surface area contributed by atoms with Crippen molar-refractivity contribution in [2.75, 3.05) is 30.0 Å². The van der Waals surface area contributed by atoms with Crippen LogP contribution in [0.4, 0.5) is 36.3 Å². The third-order valence-electron chi connectivity index (χ3n) is 3.86. The number of nitrogens with zero attached hydrogens (tertiary/aromatic N) is 2. The molecule has 1 heterocycles. The molecule has 0 amide bonds. The Kier molecular flexibility index (Phi) is 5.69. The van der Waals surface area contributed by atoms with Crippen molar-refractivity contribution >= 4 is 29.4 Å². The van der Waals surface area contributed by atoms with E-state index >= 15 is 0 Å². The Labute approximate surface area is 149 Å². The van der Waals surface area contributed by atoms with Crippen molar-refractivity contribution in [1.82, 2.24) is 9.97 Å². The molecule has 2 rings (SSSR count). The highest BCUT2D eigenvalue weighted by atomic mass is 19.4.